The van der Waals surface area contributed by atoms with E-state index in [2.05, 4.69) is 20.5 Å². The number of hydrogen-bond donors (Lipinski definition) is 2. The number of carbonyl (C=O) groups is 2. The van der Waals surface area contributed by atoms with Crippen molar-refractivity contribution in [1.82, 2.24) is 20.5 Å². The van der Waals surface area contributed by atoms with Crippen LogP contribution in [0.5, 0.6) is 0 Å². The number of piperazine rings is 1. The first-order valence-electron chi connectivity index (χ1n) is 11.8. The van der Waals surface area contributed by atoms with Crippen molar-refractivity contribution in [3.8, 4) is 0 Å². The van der Waals surface area contributed by atoms with Gasteiger partial charge in [0.25, 0.3) is 5.91 Å². The predicted octanol–water partition coefficient (Wildman–Crippen LogP) is 2.40. The second kappa shape index (κ2) is 10.8. The molecule has 0 bridgehead atoms. The molecule has 3 fully saturated rings. The fourth-order valence-electron chi connectivity index (χ4n) is 4.79. The van der Waals surface area contributed by atoms with E-state index in [0.717, 1.165) is 26.0 Å². The van der Waals surface area contributed by atoms with E-state index in [0.29, 0.717) is 50.0 Å². The minimum Gasteiger partial charge on any atom is -0.376 e. The Morgan fingerprint density at radius 1 is 1.00 bits per heavy atom. The van der Waals surface area contributed by atoms with Crippen molar-refractivity contribution >= 4 is 17.8 Å². The SMILES string of the molecule is O=C(NCC1CCCO1)c1cccnc1N1CCN(C(=O)NCC2CCCCC2)CC1. The Labute approximate surface area is 184 Å². The summed E-state index contributed by atoms with van der Waals surface area (Å²) >= 11 is 0. The second-order valence-corrected chi connectivity index (χ2v) is 8.88. The van der Waals surface area contributed by atoms with Gasteiger partial charge in [0.2, 0.25) is 0 Å². The molecule has 2 N–H and O–H groups in total. The first-order chi connectivity index (χ1) is 15.2. The number of ether oxygens (including phenoxy) is 1. The van der Waals surface area contributed by atoms with Gasteiger partial charge in [-0.1, -0.05) is 19.3 Å². The quantitative estimate of drug-likeness (QED) is 0.725. The summed E-state index contributed by atoms with van der Waals surface area (Å²) in [7, 11) is 0. The highest BCUT2D eigenvalue weighted by Gasteiger charge is 2.26. The molecule has 3 amide bonds. The second-order valence-electron chi connectivity index (χ2n) is 8.88. The molecular formula is C23H35N5O3. The lowest BCUT2D eigenvalue weighted by Gasteiger charge is -2.36. The van der Waals surface area contributed by atoms with Gasteiger partial charge in [-0.25, -0.2) is 9.78 Å². The van der Waals surface area contributed by atoms with Gasteiger partial charge in [-0.2, -0.15) is 0 Å². The highest BCUT2D eigenvalue weighted by Crippen LogP contribution is 2.23. The first kappa shape index (κ1) is 21.9. The highest BCUT2D eigenvalue weighted by atomic mass is 16.5. The van der Waals surface area contributed by atoms with Crippen LogP contribution in [0.25, 0.3) is 0 Å². The normalized spacial score (nSPS) is 22.4. The maximum absolute atomic E-state index is 12.8. The number of urea groups is 1. The van der Waals surface area contributed by atoms with E-state index in [1.807, 2.05) is 11.0 Å². The number of nitrogens with zero attached hydrogens (tertiary/aromatic N) is 3. The number of carbonyl (C=O) groups excluding carboxylic acids is 2. The van der Waals surface area contributed by atoms with E-state index in [-0.39, 0.29) is 18.0 Å². The van der Waals surface area contributed by atoms with Gasteiger partial charge in [0.05, 0.1) is 11.7 Å². The Kier molecular flexibility index (Phi) is 7.61. The third-order valence-corrected chi connectivity index (χ3v) is 6.68. The Morgan fingerprint density at radius 3 is 2.55 bits per heavy atom. The third kappa shape index (κ3) is 5.87. The Balaban J connectivity index is 1.27. The zero-order chi connectivity index (χ0) is 21.5. The number of aromatic nitrogens is 1. The summed E-state index contributed by atoms with van der Waals surface area (Å²) in [5.41, 5.74) is 0.579. The Hall–Kier alpha value is -2.35. The monoisotopic (exact) mass is 429 g/mol. The van der Waals surface area contributed by atoms with Crippen LogP contribution < -0.4 is 15.5 Å². The fourth-order valence-corrected chi connectivity index (χ4v) is 4.79. The van der Waals surface area contributed by atoms with Crippen molar-refractivity contribution in [3.63, 3.8) is 0 Å². The van der Waals surface area contributed by atoms with Gasteiger partial charge in [-0.15, -0.1) is 0 Å². The van der Waals surface area contributed by atoms with Crippen LogP contribution in [-0.4, -0.2) is 73.8 Å². The van der Waals surface area contributed by atoms with Gasteiger partial charge >= 0.3 is 6.03 Å². The van der Waals surface area contributed by atoms with Gasteiger partial charge < -0.3 is 25.2 Å². The van der Waals surface area contributed by atoms with Gasteiger partial charge in [-0.05, 0) is 43.7 Å². The van der Waals surface area contributed by atoms with Gasteiger partial charge in [0.1, 0.15) is 5.82 Å². The maximum Gasteiger partial charge on any atom is 0.317 e. The van der Waals surface area contributed by atoms with Crippen LogP contribution in [0.1, 0.15) is 55.3 Å². The Morgan fingerprint density at radius 2 is 1.81 bits per heavy atom. The topological polar surface area (TPSA) is 86.8 Å². The minimum atomic E-state index is -0.119. The van der Waals surface area contributed by atoms with E-state index in [9.17, 15) is 9.59 Å². The molecule has 1 atom stereocenters. The lowest BCUT2D eigenvalue weighted by molar-refractivity contribution is 0.0857. The molecular weight excluding hydrogens is 394 g/mol. The molecule has 0 spiro atoms. The molecule has 2 aliphatic heterocycles. The molecule has 0 aromatic carbocycles. The summed E-state index contributed by atoms with van der Waals surface area (Å²) < 4.78 is 5.59. The lowest BCUT2D eigenvalue weighted by Crippen LogP contribution is -2.53. The van der Waals surface area contributed by atoms with Gasteiger partial charge in [0, 0.05) is 52.1 Å². The third-order valence-electron chi connectivity index (χ3n) is 6.68. The van der Waals surface area contributed by atoms with E-state index in [4.69, 9.17) is 4.74 Å². The molecule has 1 unspecified atom stereocenters. The first-order valence-corrected chi connectivity index (χ1v) is 11.8. The molecule has 3 aliphatic rings. The Bertz CT molecular complexity index is 738. The molecule has 0 radical (unpaired) electrons. The van der Waals surface area contributed by atoms with Crippen molar-refractivity contribution in [2.24, 2.45) is 5.92 Å². The highest BCUT2D eigenvalue weighted by molar-refractivity contribution is 5.99. The molecule has 4 rings (SSSR count). The van der Waals surface area contributed by atoms with Crippen LogP contribution >= 0.6 is 0 Å². The van der Waals surface area contributed by atoms with Crippen LogP contribution in [0, 0.1) is 5.92 Å². The van der Waals surface area contributed by atoms with Crippen molar-refractivity contribution in [2.75, 3.05) is 50.8 Å². The van der Waals surface area contributed by atoms with Crippen molar-refractivity contribution in [2.45, 2.75) is 51.0 Å². The standard InChI is InChI=1S/C23H35N5O3/c29-22(25-17-19-8-5-15-31-19)20-9-4-10-24-21(20)27-11-13-28(14-12-27)23(30)26-16-18-6-2-1-3-7-18/h4,9-10,18-19H,1-3,5-8,11-17H2,(H,25,29)(H,26,30). The van der Waals surface area contributed by atoms with Crippen LogP contribution in [0.3, 0.4) is 0 Å². The van der Waals surface area contributed by atoms with E-state index in [1.54, 1.807) is 12.3 Å². The number of amides is 3. The summed E-state index contributed by atoms with van der Waals surface area (Å²) in [5, 5.41) is 6.12. The number of nitrogens with one attached hydrogen (secondary N) is 2. The molecule has 8 heteroatoms. The van der Waals surface area contributed by atoms with Crippen molar-refractivity contribution in [1.29, 1.82) is 0 Å². The predicted molar refractivity (Wildman–Crippen MR) is 119 cm³/mol. The summed E-state index contributed by atoms with van der Waals surface area (Å²) in [6.07, 6.45) is 10.2. The van der Waals surface area contributed by atoms with Gasteiger partial charge in [0.15, 0.2) is 0 Å². The summed E-state index contributed by atoms with van der Waals surface area (Å²) in [5.74, 6) is 1.20. The zero-order valence-electron chi connectivity index (χ0n) is 18.4. The number of anilines is 1. The van der Waals surface area contributed by atoms with E-state index >= 15 is 0 Å². The van der Waals surface area contributed by atoms with Gasteiger partial charge in [-0.3, -0.25) is 4.79 Å². The van der Waals surface area contributed by atoms with E-state index in [1.165, 1.54) is 32.1 Å². The zero-order valence-corrected chi connectivity index (χ0v) is 18.4. The maximum atomic E-state index is 12.8. The van der Waals surface area contributed by atoms with E-state index < -0.39 is 0 Å². The smallest absolute Gasteiger partial charge is 0.317 e. The lowest BCUT2D eigenvalue weighted by atomic mass is 9.89. The molecule has 8 nitrogen and oxygen atoms in total. The van der Waals surface area contributed by atoms with Crippen molar-refractivity contribution < 1.29 is 14.3 Å². The molecule has 1 aromatic heterocycles. The van der Waals surface area contributed by atoms with Crippen LogP contribution in [0.2, 0.25) is 0 Å². The van der Waals surface area contributed by atoms with Crippen LogP contribution in [0.4, 0.5) is 10.6 Å². The molecule has 31 heavy (non-hydrogen) atoms. The summed E-state index contributed by atoms with van der Waals surface area (Å²) in [6.45, 7) is 4.68. The van der Waals surface area contributed by atoms with Crippen LogP contribution in [0.15, 0.2) is 18.3 Å². The average Bonchev–Trinajstić information content (AvgIpc) is 3.35. The number of pyridine rings is 1. The largest absolute Gasteiger partial charge is 0.376 e. The molecule has 1 saturated carbocycles. The molecule has 2 saturated heterocycles. The fraction of sp³-hybridized carbons (Fsp3) is 0.696. The number of hydrogen-bond acceptors (Lipinski definition) is 5. The molecule has 1 aromatic rings. The average molecular weight is 430 g/mol. The minimum absolute atomic E-state index is 0.0285. The molecule has 170 valence electrons. The van der Waals surface area contributed by atoms with Crippen molar-refractivity contribution in [3.05, 3.63) is 23.9 Å². The number of rotatable bonds is 6. The molecule has 1 aliphatic carbocycles. The van der Waals surface area contributed by atoms with Crippen LogP contribution in [-0.2, 0) is 4.74 Å². The summed E-state index contributed by atoms with van der Waals surface area (Å²) in [6, 6.07) is 3.64. The molecule has 3 heterocycles. The summed E-state index contributed by atoms with van der Waals surface area (Å²) in [4.78, 5) is 33.8.